The third kappa shape index (κ3) is 1.98. The SMILES string of the molecule is COC1=NC(c2ccc(F)c(F)c2)CC1. The Morgan fingerprint density at radius 1 is 1.33 bits per heavy atom. The second-order valence-corrected chi connectivity index (χ2v) is 3.45. The summed E-state index contributed by atoms with van der Waals surface area (Å²) in [4.78, 5) is 4.25. The van der Waals surface area contributed by atoms with Crippen molar-refractivity contribution in [1.82, 2.24) is 0 Å². The van der Waals surface area contributed by atoms with Gasteiger partial charge in [0.2, 0.25) is 0 Å². The zero-order valence-corrected chi connectivity index (χ0v) is 8.34. The first-order valence-corrected chi connectivity index (χ1v) is 4.76. The molecule has 1 unspecified atom stereocenters. The number of hydrogen-bond donors (Lipinski definition) is 0. The van der Waals surface area contributed by atoms with E-state index < -0.39 is 11.6 Å². The van der Waals surface area contributed by atoms with E-state index in [0.29, 0.717) is 11.5 Å². The molecule has 1 aromatic carbocycles. The third-order valence-electron chi connectivity index (χ3n) is 2.50. The van der Waals surface area contributed by atoms with Gasteiger partial charge in [-0.2, -0.15) is 0 Å². The van der Waals surface area contributed by atoms with Crippen LogP contribution in [0.2, 0.25) is 0 Å². The molecule has 0 aromatic heterocycles. The topological polar surface area (TPSA) is 21.6 Å². The number of benzene rings is 1. The molecule has 0 fully saturated rings. The van der Waals surface area contributed by atoms with Crippen LogP contribution < -0.4 is 0 Å². The Labute approximate surface area is 86.6 Å². The van der Waals surface area contributed by atoms with Crippen molar-refractivity contribution in [3.63, 3.8) is 0 Å². The molecule has 80 valence electrons. The smallest absolute Gasteiger partial charge is 0.183 e. The van der Waals surface area contributed by atoms with Crippen molar-refractivity contribution in [3.05, 3.63) is 35.4 Å². The normalized spacial score (nSPS) is 20.2. The zero-order valence-electron chi connectivity index (χ0n) is 8.34. The van der Waals surface area contributed by atoms with Crippen molar-refractivity contribution in [2.24, 2.45) is 4.99 Å². The first kappa shape index (κ1) is 10.1. The molecule has 2 rings (SSSR count). The van der Waals surface area contributed by atoms with Gasteiger partial charge in [0.05, 0.1) is 13.2 Å². The maximum atomic E-state index is 13.0. The molecule has 0 saturated carbocycles. The van der Waals surface area contributed by atoms with Crippen LogP contribution in [-0.2, 0) is 4.74 Å². The van der Waals surface area contributed by atoms with Crippen LogP contribution in [0.5, 0.6) is 0 Å². The predicted molar refractivity (Wildman–Crippen MR) is 52.8 cm³/mol. The Bertz CT molecular complexity index is 404. The third-order valence-corrected chi connectivity index (χ3v) is 2.50. The number of rotatable bonds is 1. The van der Waals surface area contributed by atoms with Crippen LogP contribution in [0.1, 0.15) is 24.4 Å². The number of halogens is 2. The maximum absolute atomic E-state index is 13.0. The Hall–Kier alpha value is -1.45. The molecule has 15 heavy (non-hydrogen) atoms. The van der Waals surface area contributed by atoms with E-state index in [1.807, 2.05) is 0 Å². The van der Waals surface area contributed by atoms with Gasteiger partial charge in [-0.1, -0.05) is 6.07 Å². The van der Waals surface area contributed by atoms with Crippen molar-refractivity contribution < 1.29 is 13.5 Å². The molecular formula is C11H11F2NO. The van der Waals surface area contributed by atoms with Crippen molar-refractivity contribution in [1.29, 1.82) is 0 Å². The van der Waals surface area contributed by atoms with E-state index in [0.717, 1.165) is 18.9 Å². The summed E-state index contributed by atoms with van der Waals surface area (Å²) in [6, 6.07) is 3.79. The van der Waals surface area contributed by atoms with Crippen LogP contribution in [0.4, 0.5) is 8.78 Å². The monoisotopic (exact) mass is 211 g/mol. The van der Waals surface area contributed by atoms with Crippen LogP contribution in [-0.4, -0.2) is 13.0 Å². The largest absolute Gasteiger partial charge is 0.484 e. The maximum Gasteiger partial charge on any atom is 0.183 e. The van der Waals surface area contributed by atoms with Gasteiger partial charge in [-0.3, -0.25) is 0 Å². The summed E-state index contributed by atoms with van der Waals surface area (Å²) in [5, 5.41) is 0. The van der Waals surface area contributed by atoms with E-state index in [9.17, 15) is 8.78 Å². The fourth-order valence-corrected chi connectivity index (χ4v) is 1.68. The molecule has 0 spiro atoms. The number of hydrogen-bond acceptors (Lipinski definition) is 2. The summed E-state index contributed by atoms with van der Waals surface area (Å²) < 4.78 is 30.6. The number of ether oxygens (including phenoxy) is 1. The second-order valence-electron chi connectivity index (χ2n) is 3.45. The summed E-state index contributed by atoms with van der Waals surface area (Å²) >= 11 is 0. The number of nitrogens with zero attached hydrogens (tertiary/aromatic N) is 1. The van der Waals surface area contributed by atoms with Gasteiger partial charge < -0.3 is 4.74 Å². The molecular weight excluding hydrogens is 200 g/mol. The highest BCUT2D eigenvalue weighted by Gasteiger charge is 2.20. The molecule has 1 aliphatic heterocycles. The molecule has 2 nitrogen and oxygen atoms in total. The average Bonchev–Trinajstić information content (AvgIpc) is 2.70. The molecule has 1 atom stereocenters. The highest BCUT2D eigenvalue weighted by Crippen LogP contribution is 2.29. The van der Waals surface area contributed by atoms with Gasteiger partial charge in [0.15, 0.2) is 17.5 Å². The van der Waals surface area contributed by atoms with Gasteiger partial charge in [0.1, 0.15) is 0 Å². The van der Waals surface area contributed by atoms with E-state index in [-0.39, 0.29) is 6.04 Å². The number of aliphatic imine (C=N–C) groups is 1. The molecule has 0 saturated heterocycles. The van der Waals surface area contributed by atoms with Crippen LogP contribution in [0.3, 0.4) is 0 Å². The molecule has 0 N–H and O–H groups in total. The summed E-state index contributed by atoms with van der Waals surface area (Å²) in [5.41, 5.74) is 0.695. The standard InChI is InChI=1S/C11H11F2NO/c1-15-11-5-4-10(14-11)7-2-3-8(12)9(13)6-7/h2-3,6,10H,4-5H2,1H3. The van der Waals surface area contributed by atoms with Crippen LogP contribution in [0, 0.1) is 11.6 Å². The summed E-state index contributed by atoms with van der Waals surface area (Å²) in [5.74, 6) is -0.981. The molecule has 0 aliphatic carbocycles. The molecule has 1 aromatic rings. The zero-order chi connectivity index (χ0) is 10.8. The molecule has 0 radical (unpaired) electrons. The minimum absolute atomic E-state index is 0.102. The summed E-state index contributed by atoms with van der Waals surface area (Å²) in [6.45, 7) is 0. The van der Waals surface area contributed by atoms with Crippen LogP contribution in [0.25, 0.3) is 0 Å². The lowest BCUT2D eigenvalue weighted by Gasteiger charge is -2.06. The first-order chi connectivity index (χ1) is 7.20. The van der Waals surface area contributed by atoms with E-state index in [1.54, 1.807) is 13.2 Å². The Morgan fingerprint density at radius 2 is 2.13 bits per heavy atom. The Kier molecular flexibility index (Phi) is 2.66. The van der Waals surface area contributed by atoms with E-state index in [4.69, 9.17) is 4.74 Å². The first-order valence-electron chi connectivity index (χ1n) is 4.76. The molecule has 1 heterocycles. The van der Waals surface area contributed by atoms with E-state index in [1.165, 1.54) is 6.07 Å². The highest BCUT2D eigenvalue weighted by molar-refractivity contribution is 5.78. The van der Waals surface area contributed by atoms with Crippen LogP contribution in [0.15, 0.2) is 23.2 Å². The van der Waals surface area contributed by atoms with E-state index in [2.05, 4.69) is 4.99 Å². The molecule has 4 heteroatoms. The fourth-order valence-electron chi connectivity index (χ4n) is 1.68. The minimum Gasteiger partial charge on any atom is -0.484 e. The van der Waals surface area contributed by atoms with Gasteiger partial charge in [0.25, 0.3) is 0 Å². The van der Waals surface area contributed by atoms with Crippen LogP contribution >= 0.6 is 0 Å². The lowest BCUT2D eigenvalue weighted by atomic mass is 10.0. The van der Waals surface area contributed by atoms with Crippen molar-refractivity contribution in [3.8, 4) is 0 Å². The van der Waals surface area contributed by atoms with Crippen molar-refractivity contribution in [2.75, 3.05) is 7.11 Å². The predicted octanol–water partition coefficient (Wildman–Crippen LogP) is 2.84. The molecule has 0 bridgehead atoms. The lowest BCUT2D eigenvalue weighted by Crippen LogP contribution is -1.94. The lowest BCUT2D eigenvalue weighted by molar-refractivity contribution is 0.395. The van der Waals surface area contributed by atoms with E-state index >= 15 is 0 Å². The average molecular weight is 211 g/mol. The van der Waals surface area contributed by atoms with Crippen molar-refractivity contribution in [2.45, 2.75) is 18.9 Å². The van der Waals surface area contributed by atoms with Gasteiger partial charge in [0, 0.05) is 6.42 Å². The summed E-state index contributed by atoms with van der Waals surface area (Å²) in [7, 11) is 1.56. The van der Waals surface area contributed by atoms with Gasteiger partial charge in [-0.25, -0.2) is 13.8 Å². The van der Waals surface area contributed by atoms with Gasteiger partial charge >= 0.3 is 0 Å². The fraction of sp³-hybridized carbons (Fsp3) is 0.364. The Balaban J connectivity index is 2.24. The Morgan fingerprint density at radius 3 is 2.73 bits per heavy atom. The van der Waals surface area contributed by atoms with Crippen molar-refractivity contribution >= 4 is 5.90 Å². The minimum atomic E-state index is -0.826. The van der Waals surface area contributed by atoms with Gasteiger partial charge in [-0.15, -0.1) is 0 Å². The number of methoxy groups -OCH3 is 1. The quantitative estimate of drug-likeness (QED) is 0.700. The molecule has 0 amide bonds. The van der Waals surface area contributed by atoms with Gasteiger partial charge in [-0.05, 0) is 24.1 Å². The summed E-state index contributed by atoms with van der Waals surface area (Å²) in [6.07, 6.45) is 1.54. The second kappa shape index (κ2) is 3.96. The highest BCUT2D eigenvalue weighted by atomic mass is 19.2. The molecule has 1 aliphatic rings.